The lowest BCUT2D eigenvalue weighted by atomic mass is 10.1. The van der Waals surface area contributed by atoms with Crippen LogP contribution in [0, 0.1) is 0 Å². The number of amides is 1. The van der Waals surface area contributed by atoms with Crippen molar-refractivity contribution in [2.24, 2.45) is 5.73 Å². The average molecular weight is 235 g/mol. The molecule has 1 amide bonds. The molecular weight excluding hydrogens is 214 g/mol. The quantitative estimate of drug-likeness (QED) is 0.688. The summed E-state index contributed by atoms with van der Waals surface area (Å²) in [6.07, 6.45) is 1.11. The minimum absolute atomic E-state index is 0.376. The van der Waals surface area contributed by atoms with Crippen LogP contribution in [-0.2, 0) is 6.54 Å². The van der Waals surface area contributed by atoms with E-state index in [-0.39, 0.29) is 5.91 Å². The predicted octanol–water partition coefficient (Wildman–Crippen LogP) is 0.827. The largest absolute Gasteiger partial charge is 0.366 e. The number of hydrogen-bond acceptors (Lipinski definition) is 3. The summed E-state index contributed by atoms with van der Waals surface area (Å²) in [6.45, 7) is 2.82. The van der Waals surface area contributed by atoms with E-state index < -0.39 is 0 Å². The molecule has 0 saturated carbocycles. The molecule has 0 aliphatic rings. The van der Waals surface area contributed by atoms with Crippen LogP contribution in [0.4, 0.5) is 0 Å². The van der Waals surface area contributed by atoms with Gasteiger partial charge < -0.3 is 16.0 Å². The Kier molecular flexibility index (Phi) is 5.66. The van der Waals surface area contributed by atoms with Gasteiger partial charge >= 0.3 is 0 Å². The maximum atomic E-state index is 11.0. The molecule has 1 aromatic rings. The Balaban J connectivity index is 2.31. The summed E-state index contributed by atoms with van der Waals surface area (Å²) in [6, 6.07) is 7.42. The van der Waals surface area contributed by atoms with Gasteiger partial charge in [-0.05, 0) is 51.3 Å². The smallest absolute Gasteiger partial charge is 0.248 e. The molecule has 0 spiro atoms. The van der Waals surface area contributed by atoms with E-state index in [1.165, 1.54) is 0 Å². The Labute approximate surface area is 103 Å². The van der Waals surface area contributed by atoms with E-state index in [4.69, 9.17) is 5.73 Å². The second-order valence-electron chi connectivity index (χ2n) is 4.40. The third-order valence-corrected chi connectivity index (χ3v) is 2.50. The second kappa shape index (κ2) is 7.04. The van der Waals surface area contributed by atoms with Crippen molar-refractivity contribution in [1.82, 2.24) is 10.2 Å². The zero-order valence-electron chi connectivity index (χ0n) is 10.6. The summed E-state index contributed by atoms with van der Waals surface area (Å²) < 4.78 is 0. The van der Waals surface area contributed by atoms with Crippen LogP contribution in [0.25, 0.3) is 0 Å². The first kappa shape index (κ1) is 13.7. The molecule has 17 heavy (non-hydrogen) atoms. The summed E-state index contributed by atoms with van der Waals surface area (Å²) in [7, 11) is 4.13. The third-order valence-electron chi connectivity index (χ3n) is 2.50. The number of hydrogen-bond donors (Lipinski definition) is 2. The first-order chi connectivity index (χ1) is 8.09. The van der Waals surface area contributed by atoms with Gasteiger partial charge in [-0.3, -0.25) is 4.79 Å². The minimum atomic E-state index is -0.376. The molecule has 0 saturated heterocycles. The zero-order chi connectivity index (χ0) is 12.7. The van der Waals surface area contributed by atoms with Crippen molar-refractivity contribution in [2.75, 3.05) is 27.2 Å². The van der Waals surface area contributed by atoms with Gasteiger partial charge in [0.25, 0.3) is 0 Å². The van der Waals surface area contributed by atoms with E-state index in [1.807, 2.05) is 18.2 Å². The van der Waals surface area contributed by atoms with Gasteiger partial charge in [-0.1, -0.05) is 12.1 Å². The fourth-order valence-electron chi connectivity index (χ4n) is 1.59. The van der Waals surface area contributed by atoms with Gasteiger partial charge in [0.2, 0.25) is 5.91 Å². The van der Waals surface area contributed by atoms with E-state index in [0.717, 1.165) is 31.6 Å². The Hall–Kier alpha value is -1.39. The summed E-state index contributed by atoms with van der Waals surface area (Å²) in [5, 5.41) is 3.34. The van der Waals surface area contributed by atoms with Gasteiger partial charge in [-0.15, -0.1) is 0 Å². The Morgan fingerprint density at radius 2 is 2.18 bits per heavy atom. The van der Waals surface area contributed by atoms with Gasteiger partial charge in [-0.25, -0.2) is 0 Å². The number of primary amides is 1. The lowest BCUT2D eigenvalue weighted by Gasteiger charge is -2.10. The molecule has 0 fully saturated rings. The molecule has 4 heteroatoms. The normalized spacial score (nSPS) is 10.8. The molecule has 1 aromatic carbocycles. The van der Waals surface area contributed by atoms with Crippen LogP contribution in [0.5, 0.6) is 0 Å². The van der Waals surface area contributed by atoms with E-state index in [1.54, 1.807) is 6.07 Å². The van der Waals surface area contributed by atoms with Crippen LogP contribution in [-0.4, -0.2) is 38.0 Å². The van der Waals surface area contributed by atoms with Crippen LogP contribution >= 0.6 is 0 Å². The van der Waals surface area contributed by atoms with Crippen LogP contribution in [0.2, 0.25) is 0 Å². The average Bonchev–Trinajstić information content (AvgIpc) is 2.28. The summed E-state index contributed by atoms with van der Waals surface area (Å²) in [4.78, 5) is 13.2. The summed E-state index contributed by atoms with van der Waals surface area (Å²) in [5.41, 5.74) is 6.88. The van der Waals surface area contributed by atoms with Gasteiger partial charge in [0.1, 0.15) is 0 Å². The van der Waals surface area contributed by atoms with Crippen molar-refractivity contribution in [2.45, 2.75) is 13.0 Å². The molecule has 4 nitrogen and oxygen atoms in total. The molecule has 0 aliphatic carbocycles. The lowest BCUT2D eigenvalue weighted by molar-refractivity contribution is 0.1000. The van der Waals surface area contributed by atoms with Gasteiger partial charge in [0.05, 0.1) is 0 Å². The summed E-state index contributed by atoms with van der Waals surface area (Å²) >= 11 is 0. The minimum Gasteiger partial charge on any atom is -0.366 e. The molecule has 0 aromatic heterocycles. The Bertz CT molecular complexity index is 363. The third kappa shape index (κ3) is 5.47. The molecular formula is C13H21N3O. The maximum absolute atomic E-state index is 11.0. The number of nitrogens with two attached hydrogens (primary N) is 1. The van der Waals surface area contributed by atoms with E-state index in [2.05, 4.69) is 24.3 Å². The lowest BCUT2D eigenvalue weighted by Crippen LogP contribution is -2.21. The fourth-order valence-corrected chi connectivity index (χ4v) is 1.59. The maximum Gasteiger partial charge on any atom is 0.248 e. The molecule has 3 N–H and O–H groups in total. The molecule has 0 atom stereocenters. The fraction of sp³-hybridized carbons (Fsp3) is 0.462. The Morgan fingerprint density at radius 3 is 2.82 bits per heavy atom. The number of nitrogens with one attached hydrogen (secondary N) is 1. The van der Waals surface area contributed by atoms with Crippen molar-refractivity contribution in [3.63, 3.8) is 0 Å². The number of rotatable bonds is 7. The molecule has 0 heterocycles. The molecule has 94 valence electrons. The highest BCUT2D eigenvalue weighted by molar-refractivity contribution is 5.92. The highest BCUT2D eigenvalue weighted by atomic mass is 16.1. The van der Waals surface area contributed by atoms with E-state index in [0.29, 0.717) is 5.56 Å². The van der Waals surface area contributed by atoms with E-state index in [9.17, 15) is 4.79 Å². The monoisotopic (exact) mass is 235 g/mol. The molecule has 0 unspecified atom stereocenters. The molecule has 1 rings (SSSR count). The van der Waals surface area contributed by atoms with Gasteiger partial charge in [0, 0.05) is 12.1 Å². The Morgan fingerprint density at radius 1 is 1.41 bits per heavy atom. The summed E-state index contributed by atoms with van der Waals surface area (Å²) in [5.74, 6) is -0.376. The SMILES string of the molecule is CN(C)CCCNCc1cccc(C(N)=O)c1. The van der Waals surface area contributed by atoms with Gasteiger partial charge in [0.15, 0.2) is 0 Å². The molecule has 0 radical (unpaired) electrons. The second-order valence-corrected chi connectivity index (χ2v) is 4.40. The number of carbonyl (C=O) groups excluding carboxylic acids is 1. The zero-order valence-corrected chi connectivity index (χ0v) is 10.6. The van der Waals surface area contributed by atoms with Crippen LogP contribution in [0.3, 0.4) is 0 Å². The topological polar surface area (TPSA) is 58.4 Å². The molecule has 0 aliphatic heterocycles. The van der Waals surface area contributed by atoms with E-state index >= 15 is 0 Å². The standard InChI is InChI=1S/C13H21N3O/c1-16(2)8-4-7-15-10-11-5-3-6-12(9-11)13(14)17/h3,5-6,9,15H,4,7-8,10H2,1-2H3,(H2,14,17). The number of benzene rings is 1. The van der Waals surface area contributed by atoms with Crippen molar-refractivity contribution >= 4 is 5.91 Å². The number of nitrogens with zero attached hydrogens (tertiary/aromatic N) is 1. The van der Waals surface area contributed by atoms with Gasteiger partial charge in [-0.2, -0.15) is 0 Å². The van der Waals surface area contributed by atoms with Crippen molar-refractivity contribution in [3.8, 4) is 0 Å². The highest BCUT2D eigenvalue weighted by Gasteiger charge is 2.00. The predicted molar refractivity (Wildman–Crippen MR) is 69.8 cm³/mol. The van der Waals surface area contributed by atoms with Crippen molar-refractivity contribution < 1.29 is 4.79 Å². The number of carbonyl (C=O) groups is 1. The van der Waals surface area contributed by atoms with Crippen molar-refractivity contribution in [3.05, 3.63) is 35.4 Å². The van der Waals surface area contributed by atoms with Crippen LogP contribution in [0.1, 0.15) is 22.3 Å². The first-order valence-corrected chi connectivity index (χ1v) is 5.84. The first-order valence-electron chi connectivity index (χ1n) is 5.84. The van der Waals surface area contributed by atoms with Crippen LogP contribution in [0.15, 0.2) is 24.3 Å². The molecule has 0 bridgehead atoms. The highest BCUT2D eigenvalue weighted by Crippen LogP contribution is 2.04. The van der Waals surface area contributed by atoms with Crippen LogP contribution < -0.4 is 11.1 Å². The van der Waals surface area contributed by atoms with Crippen molar-refractivity contribution in [1.29, 1.82) is 0 Å².